The summed E-state index contributed by atoms with van der Waals surface area (Å²) < 4.78 is 21.6. The molecule has 2 aromatic rings. The standard InChI is InChI=1S/C24H28O5/c1-15(2)16(3)20-12-18(21(27-5)14-22(20)28-6)13-23(29-7)24(25)17-8-10-19(26-4)11-9-17/h8-14H,1-7H3. The first kappa shape index (κ1) is 22.1. The lowest BCUT2D eigenvalue weighted by molar-refractivity contribution is 0.0957. The zero-order valence-electron chi connectivity index (χ0n) is 18.1. The Morgan fingerprint density at radius 3 is 1.93 bits per heavy atom. The SMILES string of the molecule is COC(=Cc1cc(C(C)=C(C)C)c(OC)cc1OC)C(=O)c1ccc(OC)cc1. The summed E-state index contributed by atoms with van der Waals surface area (Å²) in [5.41, 5.74) is 4.44. The van der Waals surface area contributed by atoms with Crippen molar-refractivity contribution in [3.8, 4) is 17.2 Å². The summed E-state index contributed by atoms with van der Waals surface area (Å²) >= 11 is 0. The summed E-state index contributed by atoms with van der Waals surface area (Å²) in [4.78, 5) is 12.9. The van der Waals surface area contributed by atoms with Crippen LogP contribution in [0.25, 0.3) is 11.6 Å². The number of carbonyl (C=O) groups excluding carboxylic acids is 1. The number of benzene rings is 2. The zero-order chi connectivity index (χ0) is 21.6. The molecule has 0 unspecified atom stereocenters. The molecule has 0 aliphatic carbocycles. The van der Waals surface area contributed by atoms with E-state index in [-0.39, 0.29) is 11.5 Å². The van der Waals surface area contributed by atoms with E-state index in [9.17, 15) is 4.79 Å². The maximum absolute atomic E-state index is 12.9. The van der Waals surface area contributed by atoms with Gasteiger partial charge in [0.2, 0.25) is 5.78 Å². The highest BCUT2D eigenvalue weighted by Gasteiger charge is 2.17. The van der Waals surface area contributed by atoms with Gasteiger partial charge in [-0.3, -0.25) is 4.79 Å². The van der Waals surface area contributed by atoms with E-state index in [1.807, 2.05) is 32.9 Å². The highest BCUT2D eigenvalue weighted by molar-refractivity contribution is 6.10. The van der Waals surface area contributed by atoms with Gasteiger partial charge in [0, 0.05) is 22.8 Å². The summed E-state index contributed by atoms with van der Waals surface area (Å²) in [6.45, 7) is 6.12. The minimum absolute atomic E-state index is 0.208. The van der Waals surface area contributed by atoms with E-state index in [1.165, 1.54) is 12.7 Å². The van der Waals surface area contributed by atoms with E-state index < -0.39 is 0 Å². The summed E-state index contributed by atoms with van der Waals surface area (Å²) in [6.07, 6.45) is 1.69. The zero-order valence-corrected chi connectivity index (χ0v) is 18.1. The third-order valence-corrected chi connectivity index (χ3v) is 4.79. The Kier molecular flexibility index (Phi) is 7.48. The molecule has 5 nitrogen and oxygen atoms in total. The molecule has 0 saturated heterocycles. The Labute approximate surface area is 172 Å². The third kappa shape index (κ3) is 4.99. The Bertz CT molecular complexity index is 932. The molecule has 0 aliphatic rings. The van der Waals surface area contributed by atoms with E-state index in [2.05, 4.69) is 0 Å². The van der Waals surface area contributed by atoms with E-state index in [0.717, 1.165) is 16.7 Å². The minimum atomic E-state index is -0.228. The maximum Gasteiger partial charge on any atom is 0.227 e. The molecule has 2 rings (SSSR count). The average molecular weight is 396 g/mol. The fraction of sp³-hybridized carbons (Fsp3) is 0.292. The normalized spacial score (nSPS) is 10.9. The van der Waals surface area contributed by atoms with Crippen LogP contribution in [0.1, 0.15) is 42.3 Å². The highest BCUT2D eigenvalue weighted by atomic mass is 16.5. The number of ketones is 1. The van der Waals surface area contributed by atoms with Crippen molar-refractivity contribution < 1.29 is 23.7 Å². The number of rotatable bonds is 8. The summed E-state index contributed by atoms with van der Waals surface area (Å²) in [5.74, 6) is 1.96. The summed E-state index contributed by atoms with van der Waals surface area (Å²) in [5, 5.41) is 0. The summed E-state index contributed by atoms with van der Waals surface area (Å²) in [6, 6.07) is 10.7. The molecule has 0 radical (unpaired) electrons. The Morgan fingerprint density at radius 2 is 1.45 bits per heavy atom. The number of allylic oxidation sites excluding steroid dienone is 3. The average Bonchev–Trinajstić information content (AvgIpc) is 2.75. The number of Topliss-reactive ketones (excluding diaryl/α,β-unsaturated/α-hetero) is 1. The van der Waals surface area contributed by atoms with Crippen LogP contribution in [0.3, 0.4) is 0 Å². The number of ether oxygens (including phenoxy) is 4. The molecule has 0 aromatic heterocycles. The molecule has 154 valence electrons. The van der Waals surface area contributed by atoms with Crippen molar-refractivity contribution in [1.82, 2.24) is 0 Å². The van der Waals surface area contributed by atoms with Gasteiger partial charge < -0.3 is 18.9 Å². The van der Waals surface area contributed by atoms with E-state index in [4.69, 9.17) is 18.9 Å². The molecule has 0 fully saturated rings. The predicted molar refractivity (Wildman–Crippen MR) is 116 cm³/mol. The molecule has 29 heavy (non-hydrogen) atoms. The van der Waals surface area contributed by atoms with Gasteiger partial charge in [0.05, 0.1) is 28.4 Å². The first-order valence-corrected chi connectivity index (χ1v) is 9.21. The van der Waals surface area contributed by atoms with Crippen LogP contribution < -0.4 is 14.2 Å². The molecule has 5 heteroatoms. The smallest absolute Gasteiger partial charge is 0.227 e. The largest absolute Gasteiger partial charge is 0.497 e. The number of methoxy groups -OCH3 is 4. The van der Waals surface area contributed by atoms with Crippen LogP contribution in [0.4, 0.5) is 0 Å². The van der Waals surface area contributed by atoms with Crippen molar-refractivity contribution in [2.75, 3.05) is 28.4 Å². The quantitative estimate of drug-likeness (QED) is 0.340. The lowest BCUT2D eigenvalue weighted by atomic mass is 9.98. The van der Waals surface area contributed by atoms with Gasteiger partial charge in [-0.25, -0.2) is 0 Å². The van der Waals surface area contributed by atoms with Gasteiger partial charge in [-0.05, 0) is 62.8 Å². The first-order chi connectivity index (χ1) is 13.9. The van der Waals surface area contributed by atoms with Gasteiger partial charge in [0.25, 0.3) is 0 Å². The van der Waals surface area contributed by atoms with Gasteiger partial charge in [-0.2, -0.15) is 0 Å². The van der Waals surface area contributed by atoms with Crippen LogP contribution in [0.2, 0.25) is 0 Å². The van der Waals surface area contributed by atoms with Crippen LogP contribution in [0.15, 0.2) is 47.7 Å². The second-order valence-corrected chi connectivity index (χ2v) is 6.69. The van der Waals surface area contributed by atoms with Gasteiger partial charge in [0.15, 0.2) is 5.76 Å². The van der Waals surface area contributed by atoms with Gasteiger partial charge >= 0.3 is 0 Å². The van der Waals surface area contributed by atoms with Gasteiger partial charge in [0.1, 0.15) is 17.2 Å². The topological polar surface area (TPSA) is 54.0 Å². The van der Waals surface area contributed by atoms with E-state index in [1.54, 1.807) is 51.7 Å². The van der Waals surface area contributed by atoms with Crippen LogP contribution in [-0.2, 0) is 4.74 Å². The minimum Gasteiger partial charge on any atom is -0.497 e. The predicted octanol–water partition coefficient (Wildman–Crippen LogP) is 5.40. The van der Waals surface area contributed by atoms with Crippen molar-refractivity contribution in [2.45, 2.75) is 20.8 Å². The monoisotopic (exact) mass is 396 g/mol. The molecular formula is C24H28O5. The van der Waals surface area contributed by atoms with Crippen molar-refractivity contribution in [1.29, 1.82) is 0 Å². The van der Waals surface area contributed by atoms with E-state index >= 15 is 0 Å². The molecule has 0 N–H and O–H groups in total. The van der Waals surface area contributed by atoms with Crippen LogP contribution in [0.5, 0.6) is 17.2 Å². The molecule has 0 amide bonds. The molecule has 2 aromatic carbocycles. The van der Waals surface area contributed by atoms with Crippen LogP contribution >= 0.6 is 0 Å². The van der Waals surface area contributed by atoms with Crippen molar-refractivity contribution in [2.24, 2.45) is 0 Å². The molecule has 0 saturated carbocycles. The molecule has 0 spiro atoms. The van der Waals surface area contributed by atoms with Crippen molar-refractivity contribution >= 4 is 17.4 Å². The fourth-order valence-corrected chi connectivity index (χ4v) is 2.84. The molecule has 0 atom stereocenters. The fourth-order valence-electron chi connectivity index (χ4n) is 2.84. The van der Waals surface area contributed by atoms with Crippen LogP contribution in [-0.4, -0.2) is 34.2 Å². The number of carbonyl (C=O) groups is 1. The van der Waals surface area contributed by atoms with Crippen LogP contribution in [0, 0.1) is 0 Å². The lowest BCUT2D eigenvalue weighted by Crippen LogP contribution is -2.06. The second-order valence-electron chi connectivity index (χ2n) is 6.69. The first-order valence-electron chi connectivity index (χ1n) is 9.21. The molecule has 0 heterocycles. The Hall–Kier alpha value is -3.21. The summed E-state index contributed by atoms with van der Waals surface area (Å²) in [7, 11) is 6.27. The second kappa shape index (κ2) is 9.82. The van der Waals surface area contributed by atoms with Gasteiger partial charge in [-0.1, -0.05) is 5.57 Å². The number of hydrogen-bond acceptors (Lipinski definition) is 5. The van der Waals surface area contributed by atoms with E-state index in [0.29, 0.717) is 22.8 Å². The number of hydrogen-bond donors (Lipinski definition) is 0. The van der Waals surface area contributed by atoms with Gasteiger partial charge in [-0.15, -0.1) is 0 Å². The van der Waals surface area contributed by atoms with Crippen molar-refractivity contribution in [3.05, 3.63) is 64.4 Å². The van der Waals surface area contributed by atoms with Crippen molar-refractivity contribution in [3.63, 3.8) is 0 Å². The molecule has 0 bridgehead atoms. The third-order valence-electron chi connectivity index (χ3n) is 4.79. The highest BCUT2D eigenvalue weighted by Crippen LogP contribution is 2.35. The maximum atomic E-state index is 12.9. The Morgan fingerprint density at radius 1 is 0.828 bits per heavy atom. The lowest BCUT2D eigenvalue weighted by Gasteiger charge is -2.15. The molecular weight excluding hydrogens is 368 g/mol. The molecule has 0 aliphatic heterocycles. The Balaban J connectivity index is 2.57.